The average Bonchev–Trinajstić information content (AvgIpc) is 2.66. The van der Waals surface area contributed by atoms with E-state index in [1.807, 2.05) is 32.1 Å². The fraction of sp³-hybridized carbons (Fsp3) is 0.143. The van der Waals surface area contributed by atoms with Gasteiger partial charge in [0.15, 0.2) is 0 Å². The lowest BCUT2D eigenvalue weighted by Gasteiger charge is -2.01. The molecule has 5 nitrogen and oxygen atoms in total. The first-order valence-electron chi connectivity index (χ1n) is 8.24. The van der Waals surface area contributed by atoms with E-state index < -0.39 is 0 Å². The minimum Gasteiger partial charge on any atom is -0.508 e. The third kappa shape index (κ3) is 6.28. The van der Waals surface area contributed by atoms with E-state index in [1.165, 1.54) is 7.11 Å². The van der Waals surface area contributed by atoms with Crippen molar-refractivity contribution < 1.29 is 20.2 Å². The van der Waals surface area contributed by atoms with Gasteiger partial charge in [-0.15, -0.1) is 0 Å². The molecule has 1 aliphatic carbocycles. The Bertz CT molecular complexity index is 849. The second kappa shape index (κ2) is 11.3. The monoisotopic (exact) mass is 353 g/mol. The molecule has 2 aromatic rings. The maximum atomic E-state index is 9.20. The van der Waals surface area contributed by atoms with E-state index in [9.17, 15) is 5.11 Å². The number of pyridine rings is 1. The number of aromatic hydroxyl groups is 1. The number of aromatic nitrogens is 1. The normalized spacial score (nSPS) is 15.4. The highest BCUT2D eigenvalue weighted by Crippen LogP contribution is 2.17. The maximum absolute atomic E-state index is 9.20. The number of phenols is 1. The molecule has 5 heteroatoms. The molecule has 0 bridgehead atoms. The van der Waals surface area contributed by atoms with Gasteiger partial charge in [-0.05, 0) is 47.0 Å². The summed E-state index contributed by atoms with van der Waals surface area (Å²) in [6.07, 6.45) is 11.9. The molecule has 26 heavy (non-hydrogen) atoms. The van der Waals surface area contributed by atoms with Crippen LogP contribution in [0.15, 0.2) is 85.0 Å². The van der Waals surface area contributed by atoms with Gasteiger partial charge in [0.05, 0.1) is 11.6 Å². The van der Waals surface area contributed by atoms with Crippen LogP contribution in [0.1, 0.15) is 13.8 Å². The molecule has 1 aromatic heterocycles. The van der Waals surface area contributed by atoms with Gasteiger partial charge in [0.1, 0.15) is 18.6 Å². The number of nitrogens with one attached hydrogen (secondary N) is 1. The highest BCUT2D eigenvalue weighted by Gasteiger charge is 2.13. The number of fused-ring (bicyclic) bond motifs is 1. The van der Waals surface area contributed by atoms with Crippen LogP contribution in [-0.2, 0) is 4.84 Å². The Kier molecular flexibility index (Phi) is 8.96. The van der Waals surface area contributed by atoms with Gasteiger partial charge >= 0.3 is 0 Å². The van der Waals surface area contributed by atoms with Crippen molar-refractivity contribution in [3.63, 3.8) is 0 Å². The Morgan fingerprint density at radius 1 is 1.12 bits per heavy atom. The Morgan fingerprint density at radius 3 is 2.58 bits per heavy atom. The van der Waals surface area contributed by atoms with E-state index in [-0.39, 0.29) is 11.5 Å². The Morgan fingerprint density at radius 2 is 1.88 bits per heavy atom. The first-order chi connectivity index (χ1) is 12.6. The number of nitrogens with zero attached hydrogens (tertiary/aromatic N) is 1. The van der Waals surface area contributed by atoms with Crippen LogP contribution in [0.25, 0.3) is 10.8 Å². The van der Waals surface area contributed by atoms with Crippen molar-refractivity contribution in [3.8, 4) is 5.75 Å². The third-order valence-corrected chi connectivity index (χ3v) is 3.17. The lowest BCUT2D eigenvalue weighted by Crippen LogP contribution is -2.71. The smallest absolute Gasteiger partial charge is 0.258 e. The van der Waals surface area contributed by atoms with Gasteiger partial charge in [0.25, 0.3) is 5.71 Å². The summed E-state index contributed by atoms with van der Waals surface area (Å²) in [6, 6.07) is 7.14. The van der Waals surface area contributed by atoms with E-state index in [0.717, 1.165) is 16.3 Å². The molecule has 0 spiro atoms. The molecule has 0 amide bonds. The van der Waals surface area contributed by atoms with Crippen LogP contribution in [0.5, 0.6) is 5.75 Å². The van der Waals surface area contributed by atoms with Crippen LogP contribution in [-0.4, -0.2) is 28.0 Å². The number of aliphatic hydroxyl groups excluding tert-OH is 1. The van der Waals surface area contributed by atoms with Crippen LogP contribution in [0.2, 0.25) is 0 Å². The zero-order chi connectivity index (χ0) is 19.4. The summed E-state index contributed by atoms with van der Waals surface area (Å²) in [5, 5.41) is 23.0. The Labute approximate surface area is 154 Å². The largest absolute Gasteiger partial charge is 0.508 e. The molecule has 0 saturated carbocycles. The maximum Gasteiger partial charge on any atom is 0.258 e. The van der Waals surface area contributed by atoms with Crippen molar-refractivity contribution in [1.82, 2.24) is 4.98 Å². The molecule has 0 atom stereocenters. The summed E-state index contributed by atoms with van der Waals surface area (Å²) < 4.78 is 0. The van der Waals surface area contributed by atoms with Gasteiger partial charge < -0.3 is 10.2 Å². The van der Waals surface area contributed by atoms with Crippen molar-refractivity contribution in [2.45, 2.75) is 13.8 Å². The summed E-state index contributed by atoms with van der Waals surface area (Å²) in [6.45, 7) is 7.59. The van der Waals surface area contributed by atoms with Crippen molar-refractivity contribution in [2.75, 3.05) is 7.11 Å². The lowest BCUT2D eigenvalue weighted by molar-refractivity contribution is -0.743. The summed E-state index contributed by atoms with van der Waals surface area (Å²) in [7, 11) is 1.52. The highest BCUT2D eigenvalue weighted by molar-refractivity contribution is 6.08. The summed E-state index contributed by atoms with van der Waals surface area (Å²) in [4.78, 5) is 8.70. The molecule has 0 saturated heterocycles. The molecule has 3 N–H and O–H groups in total. The topological polar surface area (TPSA) is 76.6 Å². The second-order valence-electron chi connectivity index (χ2n) is 4.89. The van der Waals surface area contributed by atoms with Gasteiger partial charge in [-0.3, -0.25) is 9.82 Å². The summed E-state index contributed by atoms with van der Waals surface area (Å²) >= 11 is 0. The number of aliphatic hydroxyl groups is 1. The average molecular weight is 353 g/mol. The van der Waals surface area contributed by atoms with Gasteiger partial charge in [0, 0.05) is 17.8 Å². The molecule has 1 aliphatic rings. The minimum absolute atomic E-state index is 0.195. The number of hydrogen-bond donors (Lipinski definition) is 3. The zero-order valence-corrected chi connectivity index (χ0v) is 15.3. The second-order valence-corrected chi connectivity index (χ2v) is 4.89. The molecule has 136 valence electrons. The highest BCUT2D eigenvalue weighted by atomic mass is 16.6. The van der Waals surface area contributed by atoms with Crippen LogP contribution in [0, 0.1) is 0 Å². The first kappa shape index (κ1) is 20.7. The number of rotatable bonds is 2. The number of benzene rings is 1. The van der Waals surface area contributed by atoms with E-state index in [4.69, 9.17) is 9.94 Å². The Hall–Kier alpha value is -3.34. The van der Waals surface area contributed by atoms with Crippen molar-refractivity contribution in [1.29, 1.82) is 0 Å². The molecule has 0 fully saturated rings. The standard InChI is InChI=1S/C10H11NO2.C9H7NO.C2H6/c1-3-4-8-5-6-9(12)7-10(8)11-13-2;11-9-2-1-7-3-4-10-6-8(7)5-9;1-2/h3-7,12H,1H2,2H3;1-6,11H;1-2H3/p+1/b8-4-,11-10+;;. The van der Waals surface area contributed by atoms with E-state index in [1.54, 1.807) is 48.8 Å². The molecular formula is C21H25N2O3+. The summed E-state index contributed by atoms with van der Waals surface area (Å²) in [5.74, 6) is 0.478. The third-order valence-electron chi connectivity index (χ3n) is 3.17. The van der Waals surface area contributed by atoms with Crippen LogP contribution in [0.4, 0.5) is 0 Å². The first-order valence-corrected chi connectivity index (χ1v) is 8.24. The minimum atomic E-state index is 0.195. The van der Waals surface area contributed by atoms with Gasteiger partial charge in [0.2, 0.25) is 0 Å². The van der Waals surface area contributed by atoms with Crippen molar-refractivity contribution in [2.24, 2.45) is 0 Å². The molecule has 0 radical (unpaired) electrons. The fourth-order valence-corrected chi connectivity index (χ4v) is 2.09. The number of phenolic OH excluding ortho intramolecular Hbond substituents is 1. The van der Waals surface area contributed by atoms with E-state index >= 15 is 0 Å². The van der Waals surface area contributed by atoms with Gasteiger partial charge in [-0.2, -0.15) is 0 Å². The SMILES string of the molecule is C=C/C=C1/C=CC(O)=C/C1=[NH+]\OC.CC.Oc1ccc2ccncc2c1. The van der Waals surface area contributed by atoms with Crippen molar-refractivity contribution >= 4 is 16.5 Å². The predicted molar refractivity (Wildman–Crippen MR) is 106 cm³/mol. The number of hydrogen-bond acceptors (Lipinski definition) is 4. The van der Waals surface area contributed by atoms with Crippen molar-refractivity contribution in [3.05, 3.63) is 85.0 Å². The van der Waals surface area contributed by atoms with Crippen LogP contribution in [0.3, 0.4) is 0 Å². The molecule has 1 aromatic carbocycles. The molecular weight excluding hydrogens is 328 g/mol. The fourth-order valence-electron chi connectivity index (χ4n) is 2.09. The summed E-state index contributed by atoms with van der Waals surface area (Å²) in [5.41, 5.74) is 1.62. The molecule has 3 rings (SSSR count). The zero-order valence-electron chi connectivity index (χ0n) is 15.3. The van der Waals surface area contributed by atoms with Crippen LogP contribution < -0.4 is 5.16 Å². The van der Waals surface area contributed by atoms with Crippen LogP contribution >= 0.6 is 0 Å². The van der Waals surface area contributed by atoms with E-state index in [2.05, 4.69) is 16.7 Å². The van der Waals surface area contributed by atoms with Gasteiger partial charge in [-0.1, -0.05) is 32.6 Å². The molecule has 1 heterocycles. The van der Waals surface area contributed by atoms with E-state index in [0.29, 0.717) is 5.71 Å². The molecule has 0 unspecified atom stereocenters. The van der Waals surface area contributed by atoms with Gasteiger partial charge in [-0.25, -0.2) is 0 Å². The predicted octanol–water partition coefficient (Wildman–Crippen LogP) is 3.16. The number of allylic oxidation sites excluding steroid dienone is 6. The quantitative estimate of drug-likeness (QED) is 0.725. The Balaban J connectivity index is 0.000000239. The lowest BCUT2D eigenvalue weighted by atomic mass is 10.0. The molecule has 0 aliphatic heterocycles.